The summed E-state index contributed by atoms with van der Waals surface area (Å²) in [4.78, 5) is 0. The maximum absolute atomic E-state index is 4.96. The number of aryl methyl sites for hydroxylation is 1. The van der Waals surface area contributed by atoms with Crippen molar-refractivity contribution in [3.8, 4) is 0 Å². The Hall–Kier alpha value is -0.870. The predicted octanol–water partition coefficient (Wildman–Crippen LogP) is 1.63. The minimum absolute atomic E-state index is 0.452. The second kappa shape index (κ2) is 7.41. The van der Waals surface area contributed by atoms with Crippen LogP contribution in [0, 0.1) is 0 Å². The number of nitrogens with zero attached hydrogens (tertiary/aromatic N) is 2. The van der Waals surface area contributed by atoms with E-state index in [4.69, 9.17) is 4.74 Å². The molecular weight excluding hydrogens is 202 g/mol. The third-order valence-electron chi connectivity index (χ3n) is 2.46. The molecule has 0 unspecified atom stereocenters. The molecule has 0 spiro atoms. The third-order valence-corrected chi connectivity index (χ3v) is 2.46. The molecule has 0 radical (unpaired) electrons. The molecule has 1 rings (SSSR count). The quantitative estimate of drug-likeness (QED) is 0.684. The molecule has 0 aliphatic heterocycles. The van der Waals surface area contributed by atoms with Gasteiger partial charge in [-0.15, -0.1) is 0 Å². The Morgan fingerprint density at radius 1 is 1.44 bits per heavy atom. The first-order chi connectivity index (χ1) is 7.74. The molecule has 0 aliphatic rings. The van der Waals surface area contributed by atoms with E-state index in [1.165, 1.54) is 5.69 Å². The molecule has 4 nitrogen and oxygen atoms in total. The van der Waals surface area contributed by atoms with Crippen molar-refractivity contribution >= 4 is 0 Å². The summed E-state index contributed by atoms with van der Waals surface area (Å²) in [6, 6.07) is 2.56. The zero-order valence-electron chi connectivity index (χ0n) is 10.6. The lowest BCUT2D eigenvalue weighted by atomic mass is 10.2. The van der Waals surface area contributed by atoms with Crippen LogP contribution in [0.2, 0.25) is 0 Å². The Balaban J connectivity index is 2.12. The summed E-state index contributed by atoms with van der Waals surface area (Å²) in [5, 5.41) is 7.83. The molecule has 0 aromatic carbocycles. The van der Waals surface area contributed by atoms with Gasteiger partial charge in [0, 0.05) is 25.9 Å². The molecule has 16 heavy (non-hydrogen) atoms. The lowest BCUT2D eigenvalue weighted by Gasteiger charge is -2.04. The van der Waals surface area contributed by atoms with Crippen LogP contribution in [0.4, 0.5) is 0 Å². The van der Waals surface area contributed by atoms with E-state index in [1.54, 1.807) is 7.11 Å². The van der Waals surface area contributed by atoms with Gasteiger partial charge in [0.05, 0.1) is 12.3 Å². The van der Waals surface area contributed by atoms with Crippen LogP contribution in [-0.2, 0) is 11.2 Å². The average Bonchev–Trinajstić information content (AvgIpc) is 2.72. The second-order valence-electron chi connectivity index (χ2n) is 4.23. The maximum Gasteiger partial charge on any atom is 0.0625 e. The summed E-state index contributed by atoms with van der Waals surface area (Å²) in [5.74, 6) is 0. The first-order valence-corrected chi connectivity index (χ1v) is 5.97. The van der Waals surface area contributed by atoms with Crippen LogP contribution in [0.3, 0.4) is 0 Å². The molecule has 0 aliphatic carbocycles. The molecule has 0 saturated carbocycles. The van der Waals surface area contributed by atoms with Gasteiger partial charge in [-0.05, 0) is 39.3 Å². The van der Waals surface area contributed by atoms with Crippen LogP contribution in [0.5, 0.6) is 0 Å². The second-order valence-corrected chi connectivity index (χ2v) is 4.23. The minimum Gasteiger partial charge on any atom is -0.383 e. The Labute approximate surface area is 98.0 Å². The van der Waals surface area contributed by atoms with Gasteiger partial charge in [0.2, 0.25) is 0 Å². The van der Waals surface area contributed by atoms with Gasteiger partial charge in [0.15, 0.2) is 0 Å². The third kappa shape index (κ3) is 4.77. The molecule has 0 amide bonds. The van der Waals surface area contributed by atoms with Gasteiger partial charge in [-0.25, -0.2) is 0 Å². The van der Waals surface area contributed by atoms with Crippen LogP contribution in [0.15, 0.2) is 12.3 Å². The van der Waals surface area contributed by atoms with E-state index < -0.39 is 0 Å². The van der Waals surface area contributed by atoms with Crippen molar-refractivity contribution in [2.45, 2.75) is 32.7 Å². The number of aromatic nitrogens is 2. The summed E-state index contributed by atoms with van der Waals surface area (Å²) in [6.45, 7) is 7.02. The van der Waals surface area contributed by atoms with Crippen molar-refractivity contribution in [3.05, 3.63) is 18.0 Å². The number of nitrogens with one attached hydrogen (secondary N) is 1. The molecule has 4 heteroatoms. The standard InChI is InChI=1S/C12H23N3O/c1-11(2)15-9-6-12(14-15)5-4-7-13-8-10-16-3/h6,9,11,13H,4-5,7-8,10H2,1-3H3. The highest BCUT2D eigenvalue weighted by atomic mass is 16.5. The number of hydrogen-bond acceptors (Lipinski definition) is 3. The Bertz CT molecular complexity index is 284. The van der Waals surface area contributed by atoms with E-state index in [2.05, 4.69) is 36.5 Å². The molecule has 0 saturated heterocycles. The van der Waals surface area contributed by atoms with Crippen molar-refractivity contribution in [2.75, 3.05) is 26.8 Å². The van der Waals surface area contributed by atoms with Gasteiger partial charge >= 0.3 is 0 Å². The van der Waals surface area contributed by atoms with Gasteiger partial charge in [-0.3, -0.25) is 4.68 Å². The topological polar surface area (TPSA) is 39.1 Å². The lowest BCUT2D eigenvalue weighted by Crippen LogP contribution is -2.20. The van der Waals surface area contributed by atoms with Crippen LogP contribution in [0.25, 0.3) is 0 Å². The predicted molar refractivity (Wildman–Crippen MR) is 65.7 cm³/mol. The minimum atomic E-state index is 0.452. The molecule has 0 atom stereocenters. The van der Waals surface area contributed by atoms with Gasteiger partial charge in [0.25, 0.3) is 0 Å². The summed E-state index contributed by atoms with van der Waals surface area (Å²) < 4.78 is 6.97. The van der Waals surface area contributed by atoms with Crippen molar-refractivity contribution in [1.82, 2.24) is 15.1 Å². The highest BCUT2D eigenvalue weighted by molar-refractivity contribution is 4.99. The maximum atomic E-state index is 4.96. The molecular formula is C12H23N3O. The SMILES string of the molecule is COCCNCCCc1ccn(C(C)C)n1. The Morgan fingerprint density at radius 3 is 2.88 bits per heavy atom. The number of methoxy groups -OCH3 is 1. The van der Waals surface area contributed by atoms with Gasteiger partial charge in [-0.2, -0.15) is 5.10 Å². The smallest absolute Gasteiger partial charge is 0.0625 e. The fourth-order valence-corrected chi connectivity index (χ4v) is 1.49. The van der Waals surface area contributed by atoms with Gasteiger partial charge in [-0.1, -0.05) is 0 Å². The Morgan fingerprint density at radius 2 is 2.25 bits per heavy atom. The fourth-order valence-electron chi connectivity index (χ4n) is 1.49. The van der Waals surface area contributed by atoms with E-state index in [-0.39, 0.29) is 0 Å². The Kier molecular flexibility index (Phi) is 6.11. The lowest BCUT2D eigenvalue weighted by molar-refractivity contribution is 0.199. The van der Waals surface area contributed by atoms with Crippen molar-refractivity contribution in [3.63, 3.8) is 0 Å². The van der Waals surface area contributed by atoms with Crippen LogP contribution in [0.1, 0.15) is 32.0 Å². The van der Waals surface area contributed by atoms with E-state index in [0.29, 0.717) is 6.04 Å². The molecule has 0 bridgehead atoms. The number of rotatable bonds is 8. The molecule has 1 N–H and O–H groups in total. The molecule has 0 fully saturated rings. The van der Waals surface area contributed by atoms with E-state index in [0.717, 1.165) is 32.5 Å². The van der Waals surface area contributed by atoms with Crippen LogP contribution >= 0.6 is 0 Å². The average molecular weight is 225 g/mol. The normalized spacial score (nSPS) is 11.2. The number of ether oxygens (including phenoxy) is 1. The van der Waals surface area contributed by atoms with Gasteiger partial charge in [0.1, 0.15) is 0 Å². The van der Waals surface area contributed by atoms with Crippen LogP contribution < -0.4 is 5.32 Å². The van der Waals surface area contributed by atoms with Crippen molar-refractivity contribution in [2.24, 2.45) is 0 Å². The highest BCUT2D eigenvalue weighted by Crippen LogP contribution is 2.05. The van der Waals surface area contributed by atoms with Crippen molar-refractivity contribution < 1.29 is 4.74 Å². The summed E-state index contributed by atoms with van der Waals surface area (Å²) in [6.07, 6.45) is 4.22. The van der Waals surface area contributed by atoms with Crippen LogP contribution in [-0.4, -0.2) is 36.6 Å². The molecule has 92 valence electrons. The summed E-state index contributed by atoms with van der Waals surface area (Å²) in [7, 11) is 1.72. The molecule has 1 aromatic rings. The van der Waals surface area contributed by atoms with Gasteiger partial charge < -0.3 is 10.1 Å². The molecule has 1 aromatic heterocycles. The van der Waals surface area contributed by atoms with E-state index in [9.17, 15) is 0 Å². The van der Waals surface area contributed by atoms with E-state index in [1.807, 2.05) is 4.68 Å². The zero-order chi connectivity index (χ0) is 11.8. The monoisotopic (exact) mass is 225 g/mol. The zero-order valence-corrected chi connectivity index (χ0v) is 10.6. The largest absolute Gasteiger partial charge is 0.383 e. The van der Waals surface area contributed by atoms with E-state index >= 15 is 0 Å². The summed E-state index contributed by atoms with van der Waals surface area (Å²) in [5.41, 5.74) is 1.18. The number of hydrogen-bond donors (Lipinski definition) is 1. The molecule has 1 heterocycles. The fraction of sp³-hybridized carbons (Fsp3) is 0.750. The van der Waals surface area contributed by atoms with Crippen molar-refractivity contribution in [1.29, 1.82) is 0 Å². The first-order valence-electron chi connectivity index (χ1n) is 5.97. The summed E-state index contributed by atoms with van der Waals surface area (Å²) >= 11 is 0. The first kappa shape index (κ1) is 13.2. The highest BCUT2D eigenvalue weighted by Gasteiger charge is 2.01.